The Kier molecular flexibility index (Phi) is 2.41. The van der Waals surface area contributed by atoms with Crippen molar-refractivity contribution < 1.29 is 0 Å². The monoisotopic (exact) mass is 218 g/mol. The molecule has 1 aliphatic rings. The topological polar surface area (TPSA) is 24.1 Å². The van der Waals surface area contributed by atoms with Crippen molar-refractivity contribution in [2.75, 3.05) is 17.2 Å². The fourth-order valence-corrected chi connectivity index (χ4v) is 2.00. The average molecular weight is 218 g/mol. The van der Waals surface area contributed by atoms with Gasteiger partial charge in [0, 0.05) is 17.5 Å². The van der Waals surface area contributed by atoms with Crippen LogP contribution in [0.5, 0.6) is 0 Å². The van der Waals surface area contributed by atoms with Gasteiger partial charge in [-0.1, -0.05) is 26.0 Å². The van der Waals surface area contributed by atoms with Crippen molar-refractivity contribution in [2.24, 2.45) is 5.41 Å². The van der Waals surface area contributed by atoms with Crippen molar-refractivity contribution in [3.8, 4) is 0 Å². The van der Waals surface area contributed by atoms with Crippen LogP contribution in [0.3, 0.4) is 0 Å². The van der Waals surface area contributed by atoms with E-state index in [1.165, 1.54) is 16.9 Å². The van der Waals surface area contributed by atoms with Gasteiger partial charge >= 0.3 is 0 Å². The van der Waals surface area contributed by atoms with Gasteiger partial charge in [-0.05, 0) is 32.4 Å². The number of para-hydroxylation sites is 1. The van der Waals surface area contributed by atoms with Crippen LogP contribution in [0, 0.1) is 12.3 Å². The molecule has 2 N–H and O–H groups in total. The first-order chi connectivity index (χ1) is 7.33. The minimum Gasteiger partial charge on any atom is -0.383 e. The van der Waals surface area contributed by atoms with Gasteiger partial charge in [0.05, 0.1) is 11.4 Å². The Labute approximate surface area is 98.4 Å². The summed E-state index contributed by atoms with van der Waals surface area (Å²) in [5.74, 6) is 0. The molecule has 0 saturated carbocycles. The van der Waals surface area contributed by atoms with E-state index in [2.05, 4.69) is 63.5 Å². The van der Waals surface area contributed by atoms with Gasteiger partial charge in [0.15, 0.2) is 0 Å². The zero-order valence-electron chi connectivity index (χ0n) is 10.9. The predicted octanol–water partition coefficient (Wildman–Crippen LogP) is 3.64. The molecule has 2 rings (SSSR count). The highest BCUT2D eigenvalue weighted by Gasteiger charge is 2.39. The van der Waals surface area contributed by atoms with E-state index in [1.54, 1.807) is 0 Å². The second kappa shape index (κ2) is 3.41. The third kappa shape index (κ3) is 1.66. The van der Waals surface area contributed by atoms with Crippen LogP contribution < -0.4 is 10.6 Å². The Balaban J connectivity index is 2.49. The fraction of sp³-hybridized carbons (Fsp3) is 0.571. The maximum absolute atomic E-state index is 3.69. The van der Waals surface area contributed by atoms with Crippen molar-refractivity contribution in [2.45, 2.75) is 40.2 Å². The SMILES string of the molecule is Cc1cccc2c1NC(C)(C)C(C)(C)CN2. The van der Waals surface area contributed by atoms with Gasteiger partial charge in [0.1, 0.15) is 0 Å². The lowest BCUT2D eigenvalue weighted by molar-refractivity contribution is 0.245. The third-order valence-electron chi connectivity index (χ3n) is 4.12. The molecule has 1 heterocycles. The molecule has 0 amide bonds. The molecule has 0 fully saturated rings. The number of aryl methyl sites for hydroxylation is 1. The number of anilines is 2. The standard InChI is InChI=1S/C14H22N2/c1-10-7-6-8-11-12(10)16-14(4,5)13(2,3)9-15-11/h6-8,15-16H,9H2,1-5H3. The van der Waals surface area contributed by atoms with Gasteiger partial charge in [0.25, 0.3) is 0 Å². The van der Waals surface area contributed by atoms with Gasteiger partial charge in [-0.3, -0.25) is 0 Å². The van der Waals surface area contributed by atoms with Gasteiger partial charge < -0.3 is 10.6 Å². The van der Waals surface area contributed by atoms with Crippen LogP contribution in [-0.2, 0) is 0 Å². The molecular formula is C14H22N2. The van der Waals surface area contributed by atoms with Gasteiger partial charge in [0.2, 0.25) is 0 Å². The zero-order valence-corrected chi connectivity index (χ0v) is 10.9. The Morgan fingerprint density at radius 2 is 1.81 bits per heavy atom. The maximum atomic E-state index is 3.69. The molecule has 1 aliphatic heterocycles. The molecule has 88 valence electrons. The quantitative estimate of drug-likeness (QED) is 0.694. The number of fused-ring (bicyclic) bond motifs is 1. The van der Waals surface area contributed by atoms with Crippen LogP contribution in [0.4, 0.5) is 11.4 Å². The normalized spacial score (nSPS) is 21.3. The van der Waals surface area contributed by atoms with Crippen LogP contribution in [0.25, 0.3) is 0 Å². The first kappa shape index (κ1) is 11.3. The summed E-state index contributed by atoms with van der Waals surface area (Å²) < 4.78 is 0. The zero-order chi connectivity index (χ0) is 12.0. The largest absolute Gasteiger partial charge is 0.383 e. The molecule has 16 heavy (non-hydrogen) atoms. The molecule has 0 radical (unpaired) electrons. The highest BCUT2D eigenvalue weighted by Crippen LogP contribution is 2.40. The highest BCUT2D eigenvalue weighted by molar-refractivity contribution is 5.74. The number of hydrogen-bond acceptors (Lipinski definition) is 2. The Morgan fingerprint density at radius 3 is 2.50 bits per heavy atom. The molecule has 0 bridgehead atoms. The summed E-state index contributed by atoms with van der Waals surface area (Å²) in [7, 11) is 0. The summed E-state index contributed by atoms with van der Waals surface area (Å²) >= 11 is 0. The third-order valence-corrected chi connectivity index (χ3v) is 4.12. The van der Waals surface area contributed by atoms with E-state index in [1.807, 2.05) is 0 Å². The smallest absolute Gasteiger partial charge is 0.0609 e. The van der Waals surface area contributed by atoms with Gasteiger partial charge in [-0.25, -0.2) is 0 Å². The van der Waals surface area contributed by atoms with Crippen molar-refractivity contribution in [3.05, 3.63) is 23.8 Å². The van der Waals surface area contributed by atoms with E-state index in [9.17, 15) is 0 Å². The summed E-state index contributed by atoms with van der Waals surface area (Å²) in [6, 6.07) is 6.41. The first-order valence-electron chi connectivity index (χ1n) is 5.95. The number of hydrogen-bond donors (Lipinski definition) is 2. The van der Waals surface area contributed by atoms with Crippen molar-refractivity contribution in [1.82, 2.24) is 0 Å². The van der Waals surface area contributed by atoms with Crippen molar-refractivity contribution >= 4 is 11.4 Å². The summed E-state index contributed by atoms with van der Waals surface area (Å²) in [5, 5.41) is 7.24. The lowest BCUT2D eigenvalue weighted by Gasteiger charge is -2.41. The van der Waals surface area contributed by atoms with Crippen LogP contribution in [0.1, 0.15) is 33.3 Å². The number of nitrogens with one attached hydrogen (secondary N) is 2. The van der Waals surface area contributed by atoms with Crippen molar-refractivity contribution in [3.63, 3.8) is 0 Å². The average Bonchev–Trinajstić information content (AvgIpc) is 2.26. The molecule has 2 nitrogen and oxygen atoms in total. The second-order valence-electron chi connectivity index (χ2n) is 5.98. The molecule has 1 aromatic rings. The van der Waals surface area contributed by atoms with E-state index in [0.29, 0.717) is 0 Å². The molecule has 2 heteroatoms. The molecular weight excluding hydrogens is 196 g/mol. The van der Waals surface area contributed by atoms with E-state index < -0.39 is 0 Å². The van der Waals surface area contributed by atoms with Crippen LogP contribution in [0.15, 0.2) is 18.2 Å². The minimum atomic E-state index is 0.0807. The summed E-state index contributed by atoms with van der Waals surface area (Å²) in [4.78, 5) is 0. The van der Waals surface area contributed by atoms with E-state index in [-0.39, 0.29) is 11.0 Å². The van der Waals surface area contributed by atoms with Gasteiger partial charge in [-0.2, -0.15) is 0 Å². The lowest BCUT2D eigenvalue weighted by atomic mass is 9.74. The highest BCUT2D eigenvalue weighted by atomic mass is 15.1. The van der Waals surface area contributed by atoms with E-state index in [0.717, 1.165) is 6.54 Å². The number of benzene rings is 1. The molecule has 0 aliphatic carbocycles. The van der Waals surface area contributed by atoms with Gasteiger partial charge in [-0.15, -0.1) is 0 Å². The van der Waals surface area contributed by atoms with Crippen LogP contribution in [0.2, 0.25) is 0 Å². The molecule has 0 saturated heterocycles. The molecule has 0 aromatic heterocycles. The summed E-state index contributed by atoms with van der Waals surface area (Å²) in [5.41, 5.74) is 4.06. The van der Waals surface area contributed by atoms with Crippen LogP contribution in [-0.4, -0.2) is 12.1 Å². The Morgan fingerprint density at radius 1 is 1.12 bits per heavy atom. The fourth-order valence-electron chi connectivity index (χ4n) is 2.00. The first-order valence-corrected chi connectivity index (χ1v) is 5.95. The Bertz CT molecular complexity index is 405. The molecule has 0 atom stereocenters. The summed E-state index contributed by atoms with van der Waals surface area (Å²) in [6.45, 7) is 12.3. The lowest BCUT2D eigenvalue weighted by Crippen LogP contribution is -2.48. The van der Waals surface area contributed by atoms with Crippen LogP contribution >= 0.6 is 0 Å². The second-order valence-corrected chi connectivity index (χ2v) is 5.98. The maximum Gasteiger partial charge on any atom is 0.0609 e. The van der Waals surface area contributed by atoms with Crippen molar-refractivity contribution in [1.29, 1.82) is 0 Å². The molecule has 1 aromatic carbocycles. The van der Waals surface area contributed by atoms with E-state index in [4.69, 9.17) is 0 Å². The van der Waals surface area contributed by atoms with E-state index >= 15 is 0 Å². The Hall–Kier alpha value is -1.18. The molecule has 0 unspecified atom stereocenters. The number of rotatable bonds is 0. The summed E-state index contributed by atoms with van der Waals surface area (Å²) in [6.07, 6.45) is 0. The predicted molar refractivity (Wildman–Crippen MR) is 71.2 cm³/mol. The minimum absolute atomic E-state index is 0.0807. The molecule has 0 spiro atoms.